The second-order valence-electron chi connectivity index (χ2n) is 5.91. The van der Waals surface area contributed by atoms with Crippen LogP contribution in [0.4, 0.5) is 5.69 Å². The fourth-order valence-corrected chi connectivity index (χ4v) is 2.35. The van der Waals surface area contributed by atoms with E-state index in [2.05, 4.69) is 20.1 Å². The highest BCUT2D eigenvalue weighted by Crippen LogP contribution is 2.18. The molecule has 0 saturated heterocycles. The SMILES string of the molecule is CCCC(=O)NC(CC(=O)c1ccccc1NC(=O)/C=C\C(=O)OC)C(=O)OC. The lowest BCUT2D eigenvalue weighted by Gasteiger charge is -2.17. The number of esters is 2. The van der Waals surface area contributed by atoms with Crippen LogP contribution in [0.15, 0.2) is 36.4 Å². The second-order valence-corrected chi connectivity index (χ2v) is 5.91. The molecule has 2 amide bonds. The van der Waals surface area contributed by atoms with Crippen molar-refractivity contribution < 1.29 is 33.4 Å². The fourth-order valence-electron chi connectivity index (χ4n) is 2.35. The first-order valence-electron chi connectivity index (χ1n) is 8.88. The highest BCUT2D eigenvalue weighted by Gasteiger charge is 2.26. The summed E-state index contributed by atoms with van der Waals surface area (Å²) in [7, 11) is 2.34. The number of methoxy groups -OCH3 is 2. The van der Waals surface area contributed by atoms with Gasteiger partial charge in [0, 0.05) is 30.6 Å². The number of hydrogen-bond acceptors (Lipinski definition) is 7. The number of carbonyl (C=O) groups excluding carboxylic acids is 5. The normalized spacial score (nSPS) is 11.4. The molecular weight excluding hydrogens is 380 g/mol. The molecule has 0 spiro atoms. The average molecular weight is 404 g/mol. The Morgan fingerprint density at radius 1 is 1.03 bits per heavy atom. The van der Waals surface area contributed by atoms with Crippen LogP contribution in [0, 0.1) is 0 Å². The molecule has 9 heteroatoms. The van der Waals surface area contributed by atoms with Crippen molar-refractivity contribution in [1.29, 1.82) is 0 Å². The van der Waals surface area contributed by atoms with E-state index in [4.69, 9.17) is 0 Å². The number of ketones is 1. The Hall–Kier alpha value is -3.49. The molecule has 1 aromatic carbocycles. The third kappa shape index (κ3) is 7.96. The molecule has 0 aromatic heterocycles. The standard InChI is InChI=1S/C20H24N2O7/c1-4-7-17(24)22-15(20(27)29-3)12-16(23)13-8-5-6-9-14(13)21-18(25)10-11-19(26)28-2/h5-6,8-11,15H,4,7,12H2,1-3H3,(H,21,25)(H,22,24)/b11-10-. The van der Waals surface area contributed by atoms with Gasteiger partial charge in [0.2, 0.25) is 11.8 Å². The zero-order valence-corrected chi connectivity index (χ0v) is 16.5. The summed E-state index contributed by atoms with van der Waals surface area (Å²) >= 11 is 0. The highest BCUT2D eigenvalue weighted by atomic mass is 16.5. The fraction of sp³-hybridized carbons (Fsp3) is 0.350. The second kappa shape index (κ2) is 12.1. The van der Waals surface area contributed by atoms with E-state index in [1.165, 1.54) is 19.2 Å². The maximum atomic E-state index is 12.7. The molecule has 0 aliphatic carbocycles. The molecule has 0 heterocycles. The van der Waals surface area contributed by atoms with E-state index in [-0.39, 0.29) is 30.0 Å². The summed E-state index contributed by atoms with van der Waals surface area (Å²) in [5, 5.41) is 4.98. The number of Topliss-reactive ketones (excluding diaryl/α,β-unsaturated/α-hetero) is 1. The minimum Gasteiger partial charge on any atom is -0.467 e. The summed E-state index contributed by atoms with van der Waals surface area (Å²) in [5.74, 6) is -2.94. The monoisotopic (exact) mass is 404 g/mol. The third-order valence-corrected chi connectivity index (χ3v) is 3.74. The van der Waals surface area contributed by atoms with Gasteiger partial charge in [-0.25, -0.2) is 9.59 Å². The molecule has 0 radical (unpaired) electrons. The van der Waals surface area contributed by atoms with Crippen LogP contribution in [0.1, 0.15) is 36.5 Å². The zero-order valence-electron chi connectivity index (χ0n) is 16.5. The summed E-state index contributed by atoms with van der Waals surface area (Å²) in [6.07, 6.45) is 2.36. The highest BCUT2D eigenvalue weighted by molar-refractivity contribution is 6.09. The molecule has 2 N–H and O–H groups in total. The lowest BCUT2D eigenvalue weighted by Crippen LogP contribution is -2.42. The van der Waals surface area contributed by atoms with E-state index in [1.54, 1.807) is 12.1 Å². The summed E-state index contributed by atoms with van der Waals surface area (Å²) in [4.78, 5) is 59.5. The Balaban J connectivity index is 2.96. The maximum absolute atomic E-state index is 12.7. The summed E-state index contributed by atoms with van der Waals surface area (Å²) < 4.78 is 9.06. The van der Waals surface area contributed by atoms with Crippen LogP contribution in [0.25, 0.3) is 0 Å². The molecule has 0 fully saturated rings. The molecule has 1 atom stereocenters. The molecule has 0 aliphatic heterocycles. The Kier molecular flexibility index (Phi) is 9.80. The van der Waals surface area contributed by atoms with Crippen molar-refractivity contribution in [3.63, 3.8) is 0 Å². The molecule has 156 valence electrons. The molecule has 9 nitrogen and oxygen atoms in total. The van der Waals surface area contributed by atoms with Gasteiger partial charge in [-0.05, 0) is 18.6 Å². The molecular formula is C20H24N2O7. The number of benzene rings is 1. The number of para-hydroxylation sites is 1. The van der Waals surface area contributed by atoms with Gasteiger partial charge < -0.3 is 20.1 Å². The molecule has 0 bridgehead atoms. The van der Waals surface area contributed by atoms with Crippen LogP contribution in [-0.4, -0.2) is 49.8 Å². The van der Waals surface area contributed by atoms with Crippen LogP contribution in [0.5, 0.6) is 0 Å². The molecule has 0 saturated carbocycles. The first kappa shape index (κ1) is 23.5. The number of anilines is 1. The topological polar surface area (TPSA) is 128 Å². The van der Waals surface area contributed by atoms with E-state index >= 15 is 0 Å². The van der Waals surface area contributed by atoms with Crippen molar-refractivity contribution in [2.45, 2.75) is 32.2 Å². The lowest BCUT2D eigenvalue weighted by atomic mass is 10.0. The number of hydrogen-bond donors (Lipinski definition) is 2. The van der Waals surface area contributed by atoms with Crippen LogP contribution < -0.4 is 10.6 Å². The molecule has 1 aromatic rings. The first-order chi connectivity index (χ1) is 13.8. The van der Waals surface area contributed by atoms with Gasteiger partial charge in [0.15, 0.2) is 5.78 Å². The van der Waals surface area contributed by atoms with E-state index in [1.807, 2.05) is 6.92 Å². The summed E-state index contributed by atoms with van der Waals surface area (Å²) in [5.41, 5.74) is 0.339. The average Bonchev–Trinajstić information content (AvgIpc) is 2.71. The third-order valence-electron chi connectivity index (χ3n) is 3.74. The quantitative estimate of drug-likeness (QED) is 0.342. The number of ether oxygens (including phenoxy) is 2. The van der Waals surface area contributed by atoms with Gasteiger partial charge in [-0.2, -0.15) is 0 Å². The van der Waals surface area contributed by atoms with Crippen molar-refractivity contribution in [1.82, 2.24) is 5.32 Å². The number of amides is 2. The van der Waals surface area contributed by atoms with Gasteiger partial charge in [-0.15, -0.1) is 0 Å². The van der Waals surface area contributed by atoms with E-state index in [9.17, 15) is 24.0 Å². The van der Waals surface area contributed by atoms with E-state index < -0.39 is 29.7 Å². The van der Waals surface area contributed by atoms with Crippen LogP contribution >= 0.6 is 0 Å². The zero-order chi connectivity index (χ0) is 21.8. The van der Waals surface area contributed by atoms with Gasteiger partial charge in [0.05, 0.1) is 19.9 Å². The molecule has 0 aliphatic rings. The van der Waals surface area contributed by atoms with Gasteiger partial charge in [0.1, 0.15) is 6.04 Å². The number of rotatable bonds is 10. The van der Waals surface area contributed by atoms with Gasteiger partial charge in [-0.3, -0.25) is 14.4 Å². The largest absolute Gasteiger partial charge is 0.467 e. The number of carbonyl (C=O) groups is 5. The van der Waals surface area contributed by atoms with Gasteiger partial charge >= 0.3 is 11.9 Å². The predicted octanol–water partition coefficient (Wildman–Crippen LogP) is 1.38. The Morgan fingerprint density at radius 3 is 2.34 bits per heavy atom. The smallest absolute Gasteiger partial charge is 0.330 e. The van der Waals surface area contributed by atoms with Crippen LogP contribution in [0.3, 0.4) is 0 Å². The molecule has 1 unspecified atom stereocenters. The van der Waals surface area contributed by atoms with Crippen molar-refractivity contribution >= 4 is 35.2 Å². The first-order valence-corrected chi connectivity index (χ1v) is 8.88. The Morgan fingerprint density at radius 2 is 1.72 bits per heavy atom. The molecule has 29 heavy (non-hydrogen) atoms. The van der Waals surface area contributed by atoms with Crippen LogP contribution in [-0.2, 0) is 28.7 Å². The van der Waals surface area contributed by atoms with Crippen molar-refractivity contribution in [2.24, 2.45) is 0 Å². The maximum Gasteiger partial charge on any atom is 0.330 e. The minimum absolute atomic E-state index is 0.144. The summed E-state index contributed by atoms with van der Waals surface area (Å²) in [6, 6.07) is 5.03. The number of nitrogens with one attached hydrogen (secondary N) is 2. The predicted molar refractivity (Wildman–Crippen MR) is 104 cm³/mol. The lowest BCUT2D eigenvalue weighted by molar-refractivity contribution is -0.145. The van der Waals surface area contributed by atoms with Crippen molar-refractivity contribution in [3.05, 3.63) is 42.0 Å². The Bertz CT molecular complexity index is 802. The molecule has 1 rings (SSSR count). The van der Waals surface area contributed by atoms with Gasteiger partial charge in [-0.1, -0.05) is 19.1 Å². The minimum atomic E-state index is -1.14. The van der Waals surface area contributed by atoms with Crippen molar-refractivity contribution in [3.8, 4) is 0 Å². The van der Waals surface area contributed by atoms with Crippen LogP contribution in [0.2, 0.25) is 0 Å². The van der Waals surface area contributed by atoms with Crippen molar-refractivity contribution in [2.75, 3.05) is 19.5 Å². The Labute approximate surface area is 168 Å². The van der Waals surface area contributed by atoms with Gasteiger partial charge in [0.25, 0.3) is 0 Å². The van der Waals surface area contributed by atoms with E-state index in [0.717, 1.165) is 19.3 Å². The summed E-state index contributed by atoms with van der Waals surface area (Å²) in [6.45, 7) is 1.81. The van der Waals surface area contributed by atoms with E-state index in [0.29, 0.717) is 6.42 Å².